The summed E-state index contributed by atoms with van der Waals surface area (Å²) in [5.41, 5.74) is 6.99. The van der Waals surface area contributed by atoms with E-state index in [0.29, 0.717) is 20.7 Å². The van der Waals surface area contributed by atoms with Gasteiger partial charge in [0.05, 0.1) is 23.0 Å². The minimum atomic E-state index is -0.477. The number of fused-ring (bicyclic) bond motifs is 2. The second-order valence-corrected chi connectivity index (χ2v) is 7.43. The summed E-state index contributed by atoms with van der Waals surface area (Å²) in [5, 5.41) is 1.39. The first kappa shape index (κ1) is 17.9. The lowest BCUT2D eigenvalue weighted by Gasteiger charge is -2.06. The van der Waals surface area contributed by atoms with Crippen LogP contribution in [0.2, 0.25) is 0 Å². The molecule has 0 bridgehead atoms. The van der Waals surface area contributed by atoms with Crippen LogP contribution in [0.3, 0.4) is 0 Å². The third-order valence-corrected chi connectivity index (χ3v) is 5.76. The molecule has 0 atom stereocenters. The molecule has 9 heteroatoms. The smallest absolute Gasteiger partial charge is 0.280 e. The van der Waals surface area contributed by atoms with E-state index in [4.69, 9.17) is 0 Å². The highest BCUT2D eigenvalue weighted by molar-refractivity contribution is 7.20. The maximum atomic E-state index is 12.5. The van der Waals surface area contributed by atoms with Crippen LogP contribution in [0.5, 0.6) is 0 Å². The number of carbonyl (C=O) groups is 2. The summed E-state index contributed by atoms with van der Waals surface area (Å²) in [5.74, 6) is -0.819. The largest absolute Gasteiger partial charge is 0.361 e. The lowest BCUT2D eigenvalue weighted by atomic mass is 10.1. The molecule has 3 heterocycles. The van der Waals surface area contributed by atoms with Gasteiger partial charge >= 0.3 is 0 Å². The predicted octanol–water partition coefficient (Wildman–Crippen LogP) is 1.79. The third-order valence-electron chi connectivity index (χ3n) is 4.56. The molecule has 1 aromatic carbocycles. The molecule has 0 unspecified atom stereocenters. The molecule has 4 aromatic rings. The standard InChI is InChI=1S/C19H17N5O3S/c1-10-15-18(21-9-24(2)19(15)27)28-16(10)17(26)23-22-14(25)7-11-8-20-13-6-4-3-5-12(11)13/h3-6,8-9,20H,7H2,1-2H3,(H,22,25)(H,23,26). The lowest BCUT2D eigenvalue weighted by molar-refractivity contribution is -0.121. The topological polar surface area (TPSA) is 109 Å². The first-order valence-corrected chi connectivity index (χ1v) is 9.36. The second-order valence-electron chi connectivity index (χ2n) is 6.44. The first-order chi connectivity index (χ1) is 13.5. The fourth-order valence-electron chi connectivity index (χ4n) is 3.10. The molecular weight excluding hydrogens is 378 g/mol. The second kappa shape index (κ2) is 6.93. The number of amides is 2. The quantitative estimate of drug-likeness (QED) is 0.460. The molecule has 142 valence electrons. The van der Waals surface area contributed by atoms with Gasteiger partial charge in [-0.05, 0) is 24.1 Å². The number of aromatic amines is 1. The SMILES string of the molecule is Cc1c(C(=O)NNC(=O)Cc2c[nH]c3ccccc23)sc2ncn(C)c(=O)c12. The van der Waals surface area contributed by atoms with Gasteiger partial charge < -0.3 is 9.55 Å². The maximum Gasteiger partial charge on any atom is 0.280 e. The average molecular weight is 395 g/mol. The Morgan fingerprint density at radius 1 is 1.25 bits per heavy atom. The Hall–Kier alpha value is -3.46. The fraction of sp³-hybridized carbons (Fsp3) is 0.158. The summed E-state index contributed by atoms with van der Waals surface area (Å²) >= 11 is 1.12. The highest BCUT2D eigenvalue weighted by Crippen LogP contribution is 2.26. The van der Waals surface area contributed by atoms with Crippen molar-refractivity contribution < 1.29 is 9.59 Å². The molecular formula is C19H17N5O3S. The van der Waals surface area contributed by atoms with Crippen LogP contribution in [0.1, 0.15) is 20.8 Å². The number of thiophene rings is 1. The molecule has 0 saturated heterocycles. The molecule has 0 aliphatic heterocycles. The molecule has 4 rings (SSSR count). The van der Waals surface area contributed by atoms with E-state index < -0.39 is 5.91 Å². The first-order valence-electron chi connectivity index (χ1n) is 8.54. The average Bonchev–Trinajstić information content (AvgIpc) is 3.24. The van der Waals surface area contributed by atoms with E-state index in [0.717, 1.165) is 27.8 Å². The number of hydrazine groups is 1. The Kier molecular flexibility index (Phi) is 4.44. The summed E-state index contributed by atoms with van der Waals surface area (Å²) in [4.78, 5) is 45.1. The minimum absolute atomic E-state index is 0.123. The predicted molar refractivity (Wildman–Crippen MR) is 107 cm³/mol. The van der Waals surface area contributed by atoms with Gasteiger partial charge in [-0.15, -0.1) is 11.3 Å². The fourth-order valence-corrected chi connectivity index (χ4v) is 4.14. The Morgan fingerprint density at radius 2 is 2.04 bits per heavy atom. The zero-order valence-corrected chi connectivity index (χ0v) is 16.0. The number of carbonyl (C=O) groups excluding carboxylic acids is 2. The zero-order chi connectivity index (χ0) is 19.8. The number of aryl methyl sites for hydroxylation is 2. The van der Waals surface area contributed by atoms with E-state index >= 15 is 0 Å². The van der Waals surface area contributed by atoms with Gasteiger partial charge in [0, 0.05) is 24.1 Å². The van der Waals surface area contributed by atoms with Crippen LogP contribution < -0.4 is 16.4 Å². The van der Waals surface area contributed by atoms with Crippen molar-refractivity contribution in [2.75, 3.05) is 0 Å². The normalized spacial score (nSPS) is 11.1. The summed E-state index contributed by atoms with van der Waals surface area (Å²) < 4.78 is 1.37. The summed E-state index contributed by atoms with van der Waals surface area (Å²) in [7, 11) is 1.61. The molecule has 0 spiro atoms. The van der Waals surface area contributed by atoms with Crippen LogP contribution in [0, 0.1) is 6.92 Å². The van der Waals surface area contributed by atoms with Gasteiger partial charge in [0.2, 0.25) is 5.91 Å². The number of aromatic nitrogens is 3. The number of rotatable bonds is 3. The van der Waals surface area contributed by atoms with Crippen molar-refractivity contribution in [2.45, 2.75) is 13.3 Å². The molecule has 3 aromatic heterocycles. The summed E-state index contributed by atoms with van der Waals surface area (Å²) in [6.45, 7) is 1.70. The van der Waals surface area contributed by atoms with Crippen LogP contribution in [-0.2, 0) is 18.3 Å². The van der Waals surface area contributed by atoms with Crippen molar-refractivity contribution >= 4 is 44.3 Å². The molecule has 0 saturated carbocycles. The maximum absolute atomic E-state index is 12.5. The van der Waals surface area contributed by atoms with Gasteiger partial charge in [-0.25, -0.2) is 4.98 Å². The highest BCUT2D eigenvalue weighted by atomic mass is 32.1. The van der Waals surface area contributed by atoms with Crippen molar-refractivity contribution in [3.05, 3.63) is 63.1 Å². The number of para-hydroxylation sites is 1. The van der Waals surface area contributed by atoms with Crippen LogP contribution in [0.25, 0.3) is 21.1 Å². The van der Waals surface area contributed by atoms with Crippen LogP contribution in [-0.4, -0.2) is 26.3 Å². The van der Waals surface area contributed by atoms with Crippen LogP contribution in [0.4, 0.5) is 0 Å². The van der Waals surface area contributed by atoms with Gasteiger partial charge in [0.1, 0.15) is 4.83 Å². The third kappa shape index (κ3) is 3.05. The van der Waals surface area contributed by atoms with E-state index in [1.165, 1.54) is 10.9 Å². The van der Waals surface area contributed by atoms with Crippen molar-refractivity contribution in [3.8, 4) is 0 Å². The Balaban J connectivity index is 1.48. The molecule has 2 amide bonds. The Bertz CT molecular complexity index is 1280. The Labute approximate surface area is 163 Å². The molecule has 0 aliphatic rings. The van der Waals surface area contributed by atoms with Gasteiger partial charge in [0.15, 0.2) is 0 Å². The van der Waals surface area contributed by atoms with Crippen LogP contribution >= 0.6 is 11.3 Å². The lowest BCUT2D eigenvalue weighted by Crippen LogP contribution is -2.42. The number of nitrogens with one attached hydrogen (secondary N) is 3. The summed E-state index contributed by atoms with van der Waals surface area (Å²) in [6, 6.07) is 7.68. The molecule has 28 heavy (non-hydrogen) atoms. The Morgan fingerprint density at radius 3 is 2.86 bits per heavy atom. The highest BCUT2D eigenvalue weighted by Gasteiger charge is 2.19. The minimum Gasteiger partial charge on any atom is -0.361 e. The number of H-pyrrole nitrogens is 1. The molecule has 8 nitrogen and oxygen atoms in total. The van der Waals surface area contributed by atoms with Crippen LogP contribution in [0.15, 0.2) is 41.6 Å². The van der Waals surface area contributed by atoms with Crippen molar-refractivity contribution in [1.82, 2.24) is 25.4 Å². The number of hydrogen-bond acceptors (Lipinski definition) is 5. The number of hydrogen-bond donors (Lipinski definition) is 3. The van der Waals surface area contributed by atoms with Gasteiger partial charge in [-0.3, -0.25) is 25.2 Å². The molecule has 0 fully saturated rings. The number of nitrogens with zero attached hydrogens (tertiary/aromatic N) is 2. The van der Waals surface area contributed by atoms with E-state index in [2.05, 4.69) is 20.8 Å². The summed E-state index contributed by atoms with van der Waals surface area (Å²) in [6.07, 6.45) is 3.33. The van der Waals surface area contributed by atoms with E-state index in [1.807, 2.05) is 24.3 Å². The van der Waals surface area contributed by atoms with Gasteiger partial charge in [0.25, 0.3) is 11.5 Å². The van der Waals surface area contributed by atoms with Gasteiger partial charge in [-0.1, -0.05) is 18.2 Å². The molecule has 0 radical (unpaired) electrons. The zero-order valence-electron chi connectivity index (χ0n) is 15.2. The van der Waals surface area contributed by atoms with Crippen molar-refractivity contribution in [2.24, 2.45) is 7.05 Å². The number of benzene rings is 1. The monoisotopic (exact) mass is 395 g/mol. The van der Waals surface area contributed by atoms with Crippen molar-refractivity contribution in [3.63, 3.8) is 0 Å². The van der Waals surface area contributed by atoms with E-state index in [-0.39, 0.29) is 17.9 Å². The van der Waals surface area contributed by atoms with E-state index in [1.54, 1.807) is 20.2 Å². The molecule has 0 aliphatic carbocycles. The van der Waals surface area contributed by atoms with Crippen molar-refractivity contribution in [1.29, 1.82) is 0 Å². The molecule has 3 N–H and O–H groups in total. The van der Waals surface area contributed by atoms with E-state index in [9.17, 15) is 14.4 Å². The van der Waals surface area contributed by atoms with Gasteiger partial charge in [-0.2, -0.15) is 0 Å².